The van der Waals surface area contributed by atoms with E-state index in [4.69, 9.17) is 0 Å². The molecule has 5 nitrogen and oxygen atoms in total. The molecule has 1 aliphatic rings. The molecule has 3 rings (SSSR count). The number of hydrogen-bond acceptors (Lipinski definition) is 4. The summed E-state index contributed by atoms with van der Waals surface area (Å²) in [6, 6.07) is 8.42. The lowest BCUT2D eigenvalue weighted by atomic mass is 10.1. The van der Waals surface area contributed by atoms with Gasteiger partial charge in [-0.25, -0.2) is 0 Å². The second-order valence-electron chi connectivity index (χ2n) is 4.79. The molecule has 102 valence electrons. The highest BCUT2D eigenvalue weighted by Gasteiger charge is 2.25. The third-order valence-corrected chi connectivity index (χ3v) is 4.08. The highest BCUT2D eigenvalue weighted by molar-refractivity contribution is 9.10. The number of aromatic nitrogens is 1. The molecule has 0 bridgehead atoms. The number of hydrogen-bond donors (Lipinski definition) is 1. The fourth-order valence-corrected chi connectivity index (χ4v) is 3.01. The molecule has 6 heteroatoms. The lowest BCUT2D eigenvalue weighted by molar-refractivity contribution is -0.384. The Hall–Kier alpha value is -1.95. The molecule has 1 aromatic heterocycles. The fraction of sp³-hybridized carbons (Fsp3) is 0.214. The van der Waals surface area contributed by atoms with E-state index in [0.29, 0.717) is 10.2 Å². The average Bonchev–Trinajstić information content (AvgIpc) is 2.83. The molecule has 0 radical (unpaired) electrons. The normalized spacial score (nSPS) is 14.1. The van der Waals surface area contributed by atoms with Crippen LogP contribution >= 0.6 is 15.9 Å². The van der Waals surface area contributed by atoms with E-state index < -0.39 is 4.92 Å². The standard InChI is InChI=1S/C14H12BrN3O2/c15-12-7-16-8-13(18(19)20)14(12)17-11-5-9-3-1-2-4-10(9)6-11/h1-4,7-8,11H,5-6H2,(H,16,17). The third-order valence-electron chi connectivity index (χ3n) is 3.48. The first-order valence-electron chi connectivity index (χ1n) is 6.26. The van der Waals surface area contributed by atoms with Gasteiger partial charge < -0.3 is 5.32 Å². The average molecular weight is 334 g/mol. The van der Waals surface area contributed by atoms with Crippen LogP contribution in [0.2, 0.25) is 0 Å². The summed E-state index contributed by atoms with van der Waals surface area (Å²) in [5.74, 6) is 0. The van der Waals surface area contributed by atoms with Gasteiger partial charge in [0.15, 0.2) is 0 Å². The van der Waals surface area contributed by atoms with Gasteiger partial charge in [0.2, 0.25) is 0 Å². The quantitative estimate of drug-likeness (QED) is 0.691. The molecule has 0 amide bonds. The fourth-order valence-electron chi connectivity index (χ4n) is 2.57. The second-order valence-corrected chi connectivity index (χ2v) is 5.65. The van der Waals surface area contributed by atoms with Crippen LogP contribution in [0, 0.1) is 10.1 Å². The molecule has 1 aliphatic carbocycles. The van der Waals surface area contributed by atoms with Crippen molar-refractivity contribution in [1.29, 1.82) is 0 Å². The van der Waals surface area contributed by atoms with Gasteiger partial charge in [-0.15, -0.1) is 0 Å². The first kappa shape index (κ1) is 13.1. The van der Waals surface area contributed by atoms with Gasteiger partial charge in [-0.2, -0.15) is 0 Å². The zero-order chi connectivity index (χ0) is 14.1. The zero-order valence-electron chi connectivity index (χ0n) is 10.5. The largest absolute Gasteiger partial charge is 0.375 e. The number of halogens is 1. The van der Waals surface area contributed by atoms with Crippen LogP contribution in [0.3, 0.4) is 0 Å². The van der Waals surface area contributed by atoms with E-state index in [1.165, 1.54) is 17.3 Å². The van der Waals surface area contributed by atoms with E-state index in [1.54, 1.807) is 6.20 Å². The summed E-state index contributed by atoms with van der Waals surface area (Å²) in [6.45, 7) is 0. The lowest BCUT2D eigenvalue weighted by Crippen LogP contribution is -2.20. The van der Waals surface area contributed by atoms with E-state index in [2.05, 4.69) is 38.4 Å². The minimum atomic E-state index is -0.414. The molecule has 0 aliphatic heterocycles. The molecular weight excluding hydrogens is 322 g/mol. The van der Waals surface area contributed by atoms with Gasteiger partial charge in [0.1, 0.15) is 11.9 Å². The minimum Gasteiger partial charge on any atom is -0.375 e. The van der Waals surface area contributed by atoms with Gasteiger partial charge in [0.05, 0.1) is 9.40 Å². The monoisotopic (exact) mass is 333 g/mol. The molecule has 1 aromatic carbocycles. The van der Waals surface area contributed by atoms with Crippen LogP contribution in [0.4, 0.5) is 11.4 Å². The number of rotatable bonds is 3. The highest BCUT2D eigenvalue weighted by Crippen LogP contribution is 2.33. The Bertz CT molecular complexity index is 650. The Kier molecular flexibility index (Phi) is 3.40. The number of anilines is 1. The van der Waals surface area contributed by atoms with Crippen molar-refractivity contribution in [3.63, 3.8) is 0 Å². The van der Waals surface area contributed by atoms with Crippen LogP contribution in [0.15, 0.2) is 41.1 Å². The zero-order valence-corrected chi connectivity index (χ0v) is 12.1. The summed E-state index contributed by atoms with van der Waals surface area (Å²) in [5.41, 5.74) is 3.11. The molecule has 1 N–H and O–H groups in total. The van der Waals surface area contributed by atoms with Gasteiger partial charge >= 0.3 is 5.69 Å². The number of benzene rings is 1. The van der Waals surface area contributed by atoms with Crippen LogP contribution < -0.4 is 5.32 Å². The second kappa shape index (κ2) is 5.20. The van der Waals surface area contributed by atoms with Crippen molar-refractivity contribution < 1.29 is 4.92 Å². The summed E-state index contributed by atoms with van der Waals surface area (Å²) in [4.78, 5) is 14.5. The SMILES string of the molecule is O=[N+]([O-])c1cncc(Br)c1NC1Cc2ccccc2C1. The summed E-state index contributed by atoms with van der Waals surface area (Å²) in [5, 5.41) is 14.3. The third kappa shape index (κ3) is 2.38. The van der Waals surface area contributed by atoms with E-state index in [0.717, 1.165) is 12.8 Å². The van der Waals surface area contributed by atoms with Gasteiger partial charge in [-0.05, 0) is 39.9 Å². The first-order valence-corrected chi connectivity index (χ1v) is 7.05. The highest BCUT2D eigenvalue weighted by atomic mass is 79.9. The summed E-state index contributed by atoms with van der Waals surface area (Å²) in [7, 11) is 0. The van der Waals surface area contributed by atoms with Crippen molar-refractivity contribution in [2.24, 2.45) is 0 Å². The minimum absolute atomic E-state index is 0.00432. The Morgan fingerprint density at radius 1 is 1.25 bits per heavy atom. The van der Waals surface area contributed by atoms with Gasteiger partial charge in [-0.3, -0.25) is 15.1 Å². The number of nitro groups is 1. The molecule has 0 saturated carbocycles. The number of fused-ring (bicyclic) bond motifs is 1. The molecule has 0 unspecified atom stereocenters. The van der Waals surface area contributed by atoms with Crippen molar-refractivity contribution in [2.45, 2.75) is 18.9 Å². The van der Waals surface area contributed by atoms with Crippen molar-refractivity contribution in [3.8, 4) is 0 Å². The number of nitrogens with zero attached hydrogens (tertiary/aromatic N) is 2. The van der Waals surface area contributed by atoms with Crippen LogP contribution in [-0.2, 0) is 12.8 Å². The first-order chi connectivity index (χ1) is 9.65. The Morgan fingerprint density at radius 3 is 2.50 bits per heavy atom. The molecule has 0 atom stereocenters. The van der Waals surface area contributed by atoms with Crippen LogP contribution in [-0.4, -0.2) is 15.9 Å². The van der Waals surface area contributed by atoms with Gasteiger partial charge in [0.25, 0.3) is 0 Å². The Balaban J connectivity index is 1.85. The van der Waals surface area contributed by atoms with Crippen molar-refractivity contribution in [1.82, 2.24) is 4.98 Å². The summed E-state index contributed by atoms with van der Waals surface area (Å²) in [6.07, 6.45) is 4.59. The van der Waals surface area contributed by atoms with E-state index >= 15 is 0 Å². The van der Waals surface area contributed by atoms with E-state index in [-0.39, 0.29) is 11.7 Å². The van der Waals surface area contributed by atoms with Crippen LogP contribution in [0.25, 0.3) is 0 Å². The molecule has 20 heavy (non-hydrogen) atoms. The molecule has 1 heterocycles. The maximum Gasteiger partial charge on any atom is 0.311 e. The summed E-state index contributed by atoms with van der Waals surface area (Å²) >= 11 is 3.33. The van der Waals surface area contributed by atoms with Gasteiger partial charge in [-0.1, -0.05) is 24.3 Å². The maximum atomic E-state index is 11.1. The maximum absolute atomic E-state index is 11.1. The van der Waals surface area contributed by atoms with Gasteiger partial charge in [0, 0.05) is 12.2 Å². The van der Waals surface area contributed by atoms with Crippen LogP contribution in [0.5, 0.6) is 0 Å². The molecule has 0 spiro atoms. The summed E-state index contributed by atoms with van der Waals surface area (Å²) < 4.78 is 0.614. The predicted octanol–water partition coefficient (Wildman–Crippen LogP) is 3.33. The van der Waals surface area contributed by atoms with E-state index in [9.17, 15) is 10.1 Å². The molecule has 2 aromatic rings. The number of pyridine rings is 1. The Morgan fingerprint density at radius 2 is 1.90 bits per heavy atom. The molecular formula is C14H12BrN3O2. The van der Waals surface area contributed by atoms with E-state index in [1.807, 2.05) is 12.1 Å². The molecule has 0 saturated heterocycles. The lowest BCUT2D eigenvalue weighted by Gasteiger charge is -2.14. The topological polar surface area (TPSA) is 68.1 Å². The Labute approximate surface area is 124 Å². The van der Waals surface area contributed by atoms with Crippen molar-refractivity contribution in [3.05, 3.63) is 62.4 Å². The molecule has 0 fully saturated rings. The smallest absolute Gasteiger partial charge is 0.311 e. The predicted molar refractivity (Wildman–Crippen MR) is 79.9 cm³/mol. The number of nitrogens with one attached hydrogen (secondary N) is 1. The van der Waals surface area contributed by atoms with Crippen molar-refractivity contribution >= 4 is 27.3 Å². The van der Waals surface area contributed by atoms with Crippen molar-refractivity contribution in [2.75, 3.05) is 5.32 Å². The van der Waals surface area contributed by atoms with Crippen LogP contribution in [0.1, 0.15) is 11.1 Å².